The predicted molar refractivity (Wildman–Crippen MR) is 198 cm³/mol. The third-order valence-corrected chi connectivity index (χ3v) is 9.62. The molecule has 0 spiro atoms. The van der Waals surface area contributed by atoms with Crippen LogP contribution in [0.2, 0.25) is 0 Å². The zero-order valence-corrected chi connectivity index (χ0v) is 25.4. The Kier molecular flexibility index (Phi) is 5.61. The summed E-state index contributed by atoms with van der Waals surface area (Å²) in [7, 11) is 0. The molecule has 0 saturated heterocycles. The van der Waals surface area contributed by atoms with Crippen molar-refractivity contribution in [3.63, 3.8) is 0 Å². The van der Waals surface area contributed by atoms with Gasteiger partial charge in [0.25, 0.3) is 0 Å². The van der Waals surface area contributed by atoms with Gasteiger partial charge < -0.3 is 4.42 Å². The summed E-state index contributed by atoms with van der Waals surface area (Å²) in [6.07, 6.45) is 0. The first-order chi connectivity index (χ1) is 23.3. The molecule has 0 N–H and O–H groups in total. The molecular weight excluding hydrogens is 571 g/mol. The van der Waals surface area contributed by atoms with Crippen molar-refractivity contribution in [1.29, 1.82) is 0 Å². The summed E-state index contributed by atoms with van der Waals surface area (Å²) in [5, 5.41) is 10.7. The Hall–Kier alpha value is -6.25. The van der Waals surface area contributed by atoms with Gasteiger partial charge in [0.2, 0.25) is 0 Å². The van der Waals surface area contributed by atoms with Gasteiger partial charge in [-0.05, 0) is 68.6 Å². The molecule has 0 radical (unpaired) electrons. The van der Waals surface area contributed by atoms with Crippen LogP contribution >= 0.6 is 0 Å². The van der Waals surface area contributed by atoms with E-state index < -0.39 is 0 Å². The number of rotatable bonds is 3. The second-order valence-corrected chi connectivity index (χ2v) is 12.3. The van der Waals surface area contributed by atoms with E-state index in [9.17, 15) is 0 Å². The fourth-order valence-corrected chi connectivity index (χ4v) is 7.52. The average molecular weight is 598 g/mol. The maximum Gasteiger partial charge on any atom is 0.143 e. The summed E-state index contributed by atoms with van der Waals surface area (Å²) in [5.74, 6) is 0. The van der Waals surface area contributed by atoms with Crippen LogP contribution in [0.1, 0.15) is 0 Å². The Morgan fingerprint density at radius 3 is 1.91 bits per heavy atom. The Labute approximate surface area is 271 Å². The van der Waals surface area contributed by atoms with Crippen molar-refractivity contribution in [1.82, 2.24) is 4.98 Å². The Balaban J connectivity index is 1.23. The lowest BCUT2D eigenvalue weighted by Gasteiger charge is -2.12. The molecule has 0 unspecified atom stereocenters. The third-order valence-electron chi connectivity index (χ3n) is 9.62. The molecule has 0 bridgehead atoms. The van der Waals surface area contributed by atoms with Gasteiger partial charge in [0.05, 0.1) is 11.2 Å². The Bertz CT molecular complexity index is 2840. The van der Waals surface area contributed by atoms with Gasteiger partial charge in [-0.2, -0.15) is 0 Å². The molecule has 218 valence electrons. The number of aromatic nitrogens is 1. The van der Waals surface area contributed by atoms with E-state index >= 15 is 0 Å². The quantitative estimate of drug-likeness (QED) is 0.189. The van der Waals surface area contributed by atoms with Crippen molar-refractivity contribution in [2.45, 2.75) is 0 Å². The van der Waals surface area contributed by atoms with Crippen molar-refractivity contribution in [3.05, 3.63) is 164 Å². The summed E-state index contributed by atoms with van der Waals surface area (Å²) in [4.78, 5) is 5.16. The van der Waals surface area contributed by atoms with E-state index in [0.29, 0.717) is 0 Å². The highest BCUT2D eigenvalue weighted by molar-refractivity contribution is 6.29. The maximum absolute atomic E-state index is 6.79. The molecule has 0 atom stereocenters. The van der Waals surface area contributed by atoms with Crippen LogP contribution in [0.25, 0.3) is 98.7 Å². The lowest BCUT2D eigenvalue weighted by atomic mass is 9.91. The second kappa shape index (κ2) is 10.1. The minimum atomic E-state index is 0.881. The molecule has 2 heterocycles. The van der Waals surface area contributed by atoms with Crippen LogP contribution in [0.5, 0.6) is 0 Å². The van der Waals surface area contributed by atoms with Gasteiger partial charge in [-0.25, -0.2) is 4.98 Å². The molecule has 0 amide bonds. The zero-order valence-electron chi connectivity index (χ0n) is 25.4. The first-order valence-corrected chi connectivity index (χ1v) is 16.1. The number of para-hydroxylation sites is 2. The van der Waals surface area contributed by atoms with E-state index in [-0.39, 0.29) is 0 Å². The minimum absolute atomic E-state index is 0.881. The molecule has 47 heavy (non-hydrogen) atoms. The van der Waals surface area contributed by atoms with Gasteiger partial charge in [-0.15, -0.1) is 0 Å². The smallest absolute Gasteiger partial charge is 0.143 e. The number of pyridine rings is 1. The van der Waals surface area contributed by atoms with Crippen LogP contribution in [-0.4, -0.2) is 4.98 Å². The summed E-state index contributed by atoms with van der Waals surface area (Å²) in [6.45, 7) is 0. The fraction of sp³-hybridized carbons (Fsp3) is 0. The SMILES string of the molecule is c1ccc(-c2nc3ccccc3c3c2ccc2oc4c(-c5cccc(-c6cc7ccccc7c7ccccc67)c5)cccc4c23)cc1. The van der Waals surface area contributed by atoms with Crippen LogP contribution in [0.4, 0.5) is 0 Å². The molecule has 0 fully saturated rings. The van der Waals surface area contributed by atoms with E-state index in [2.05, 4.69) is 158 Å². The molecule has 2 aromatic heterocycles. The predicted octanol–water partition coefficient (Wildman–Crippen LogP) is 12.6. The first-order valence-electron chi connectivity index (χ1n) is 16.1. The molecule has 0 saturated carbocycles. The molecule has 8 aromatic carbocycles. The number of hydrogen-bond donors (Lipinski definition) is 0. The van der Waals surface area contributed by atoms with Crippen molar-refractivity contribution in [3.8, 4) is 33.5 Å². The summed E-state index contributed by atoms with van der Waals surface area (Å²) >= 11 is 0. The zero-order chi connectivity index (χ0) is 30.9. The van der Waals surface area contributed by atoms with E-state index in [1.165, 1.54) is 38.1 Å². The van der Waals surface area contributed by atoms with Gasteiger partial charge in [0, 0.05) is 38.1 Å². The lowest BCUT2D eigenvalue weighted by molar-refractivity contribution is 0.670. The first kappa shape index (κ1) is 26.0. The van der Waals surface area contributed by atoms with Crippen LogP contribution in [0, 0.1) is 0 Å². The van der Waals surface area contributed by atoms with Crippen LogP contribution in [0.15, 0.2) is 168 Å². The van der Waals surface area contributed by atoms with Crippen molar-refractivity contribution in [2.24, 2.45) is 0 Å². The van der Waals surface area contributed by atoms with E-state index in [1.807, 2.05) is 6.07 Å². The number of benzene rings is 8. The third kappa shape index (κ3) is 3.95. The number of fused-ring (bicyclic) bond motifs is 10. The highest BCUT2D eigenvalue weighted by Crippen LogP contribution is 2.44. The monoisotopic (exact) mass is 597 g/mol. The Morgan fingerprint density at radius 1 is 0.383 bits per heavy atom. The normalized spacial score (nSPS) is 11.8. The van der Waals surface area contributed by atoms with Crippen LogP contribution < -0.4 is 0 Å². The molecular formula is C45H27NO. The van der Waals surface area contributed by atoms with Gasteiger partial charge in [-0.3, -0.25) is 0 Å². The van der Waals surface area contributed by atoms with Gasteiger partial charge in [0.15, 0.2) is 0 Å². The van der Waals surface area contributed by atoms with Crippen molar-refractivity contribution in [2.75, 3.05) is 0 Å². The van der Waals surface area contributed by atoms with Crippen molar-refractivity contribution < 1.29 is 4.42 Å². The topological polar surface area (TPSA) is 26.0 Å². The molecule has 10 rings (SSSR count). The maximum atomic E-state index is 6.79. The van der Waals surface area contributed by atoms with E-state index in [0.717, 1.165) is 60.6 Å². The standard InChI is InChI=1S/C45H27NO/c1-2-12-28(13-3-1)44-37-24-25-41-43(42(37)36-20-8-9-23-40(36)46-44)38-22-11-21-33(45(38)47-41)29-15-10-16-30(26-29)39-27-31-14-4-5-17-32(31)34-18-6-7-19-35(34)39/h1-27H. The molecule has 0 aliphatic heterocycles. The van der Waals surface area contributed by atoms with E-state index in [1.54, 1.807) is 0 Å². The molecule has 0 aliphatic carbocycles. The van der Waals surface area contributed by atoms with Crippen molar-refractivity contribution >= 4 is 65.2 Å². The summed E-state index contributed by atoms with van der Waals surface area (Å²) in [5.41, 5.74) is 9.49. The summed E-state index contributed by atoms with van der Waals surface area (Å²) in [6, 6.07) is 58.3. The second-order valence-electron chi connectivity index (χ2n) is 12.3. The molecule has 0 aliphatic rings. The number of hydrogen-bond acceptors (Lipinski definition) is 2. The van der Waals surface area contributed by atoms with Crippen LogP contribution in [-0.2, 0) is 0 Å². The lowest BCUT2D eigenvalue weighted by Crippen LogP contribution is -1.90. The highest BCUT2D eigenvalue weighted by atomic mass is 16.3. The van der Waals surface area contributed by atoms with E-state index in [4.69, 9.17) is 9.40 Å². The fourth-order valence-electron chi connectivity index (χ4n) is 7.52. The number of nitrogens with zero attached hydrogens (tertiary/aromatic N) is 1. The summed E-state index contributed by atoms with van der Waals surface area (Å²) < 4.78 is 6.79. The van der Waals surface area contributed by atoms with Crippen LogP contribution in [0.3, 0.4) is 0 Å². The molecule has 10 aromatic rings. The van der Waals surface area contributed by atoms with Gasteiger partial charge in [-0.1, -0.05) is 133 Å². The molecule has 2 heteroatoms. The van der Waals surface area contributed by atoms with Gasteiger partial charge in [0.1, 0.15) is 11.2 Å². The Morgan fingerprint density at radius 2 is 1.04 bits per heavy atom. The average Bonchev–Trinajstić information content (AvgIpc) is 3.54. The number of furan rings is 1. The largest absolute Gasteiger partial charge is 0.455 e. The minimum Gasteiger partial charge on any atom is -0.455 e. The molecule has 2 nitrogen and oxygen atoms in total. The van der Waals surface area contributed by atoms with Gasteiger partial charge >= 0.3 is 0 Å². The highest BCUT2D eigenvalue weighted by Gasteiger charge is 2.19.